The van der Waals surface area contributed by atoms with Crippen molar-refractivity contribution >= 4 is 6.09 Å². The lowest BCUT2D eigenvalue weighted by Gasteiger charge is -2.31. The largest absolute Gasteiger partial charge is 0.444 e. The summed E-state index contributed by atoms with van der Waals surface area (Å²) in [5.74, 6) is 0. The topological polar surface area (TPSA) is 29.5 Å². The molecular formula is C12H24FNO2. The van der Waals surface area contributed by atoms with E-state index in [0.717, 1.165) is 6.42 Å². The third kappa shape index (κ3) is 5.93. The Morgan fingerprint density at radius 2 is 1.94 bits per heavy atom. The first-order valence-electron chi connectivity index (χ1n) is 6.00. The first-order valence-corrected chi connectivity index (χ1v) is 6.00. The van der Waals surface area contributed by atoms with Gasteiger partial charge in [0.25, 0.3) is 0 Å². The molecule has 1 amide bonds. The fraction of sp³-hybridized carbons (Fsp3) is 0.917. The van der Waals surface area contributed by atoms with Crippen molar-refractivity contribution in [1.29, 1.82) is 0 Å². The van der Waals surface area contributed by atoms with Crippen molar-refractivity contribution in [3.8, 4) is 0 Å². The molecule has 16 heavy (non-hydrogen) atoms. The SMILES string of the molecule is CC.CC(C)(C)OC(=O)N1CCCC(F)C1. The van der Waals surface area contributed by atoms with E-state index in [1.165, 1.54) is 4.90 Å². The Morgan fingerprint density at radius 1 is 1.38 bits per heavy atom. The Bertz CT molecular complexity index is 214. The zero-order valence-corrected chi connectivity index (χ0v) is 11.0. The second kappa shape index (κ2) is 6.71. The van der Waals surface area contributed by atoms with Crippen LogP contribution in [0.25, 0.3) is 0 Å². The highest BCUT2D eigenvalue weighted by atomic mass is 19.1. The van der Waals surface area contributed by atoms with Crippen molar-refractivity contribution < 1.29 is 13.9 Å². The minimum atomic E-state index is -0.892. The zero-order chi connectivity index (χ0) is 12.8. The van der Waals surface area contributed by atoms with Crippen molar-refractivity contribution in [2.45, 2.75) is 59.2 Å². The minimum Gasteiger partial charge on any atom is -0.444 e. The van der Waals surface area contributed by atoms with Gasteiger partial charge in [0.15, 0.2) is 0 Å². The van der Waals surface area contributed by atoms with Crippen molar-refractivity contribution in [1.82, 2.24) is 4.90 Å². The molecule has 96 valence electrons. The highest BCUT2D eigenvalue weighted by Crippen LogP contribution is 2.16. The van der Waals surface area contributed by atoms with Crippen LogP contribution in [0.2, 0.25) is 0 Å². The highest BCUT2D eigenvalue weighted by Gasteiger charge is 2.27. The summed E-state index contributed by atoms with van der Waals surface area (Å²) in [7, 11) is 0. The number of alkyl halides is 1. The van der Waals surface area contributed by atoms with Gasteiger partial charge in [-0.2, -0.15) is 0 Å². The molecule has 0 aromatic rings. The third-order valence-electron chi connectivity index (χ3n) is 2.02. The van der Waals surface area contributed by atoms with E-state index in [4.69, 9.17) is 4.74 Å². The molecule has 0 spiro atoms. The normalized spacial score (nSPS) is 20.9. The molecule has 0 aliphatic carbocycles. The Labute approximate surface area is 98.0 Å². The van der Waals surface area contributed by atoms with E-state index in [2.05, 4.69) is 0 Å². The maximum atomic E-state index is 13.0. The number of piperidine rings is 1. The summed E-state index contributed by atoms with van der Waals surface area (Å²) in [6, 6.07) is 0. The summed E-state index contributed by atoms with van der Waals surface area (Å²) >= 11 is 0. The fourth-order valence-electron chi connectivity index (χ4n) is 1.42. The van der Waals surface area contributed by atoms with E-state index in [0.29, 0.717) is 13.0 Å². The van der Waals surface area contributed by atoms with E-state index in [1.54, 1.807) is 0 Å². The molecule has 1 heterocycles. The first kappa shape index (κ1) is 15.2. The average molecular weight is 233 g/mol. The number of nitrogens with zero attached hydrogens (tertiary/aromatic N) is 1. The van der Waals surface area contributed by atoms with E-state index >= 15 is 0 Å². The van der Waals surface area contributed by atoms with Crippen LogP contribution in [-0.2, 0) is 4.74 Å². The molecule has 4 heteroatoms. The van der Waals surface area contributed by atoms with Crippen molar-refractivity contribution in [2.24, 2.45) is 0 Å². The maximum absolute atomic E-state index is 13.0. The van der Waals surface area contributed by atoms with Gasteiger partial charge in [0.2, 0.25) is 0 Å². The van der Waals surface area contributed by atoms with Crippen LogP contribution in [0.3, 0.4) is 0 Å². The van der Waals surface area contributed by atoms with Gasteiger partial charge in [0.05, 0.1) is 6.54 Å². The Hall–Kier alpha value is -0.800. The quantitative estimate of drug-likeness (QED) is 0.642. The maximum Gasteiger partial charge on any atom is 0.410 e. The van der Waals surface area contributed by atoms with Gasteiger partial charge in [0, 0.05) is 6.54 Å². The molecule has 1 unspecified atom stereocenters. The van der Waals surface area contributed by atoms with Crippen LogP contribution in [0.5, 0.6) is 0 Å². The summed E-state index contributed by atoms with van der Waals surface area (Å²) < 4.78 is 18.1. The predicted molar refractivity (Wildman–Crippen MR) is 63.3 cm³/mol. The Balaban J connectivity index is 0.00000106. The highest BCUT2D eigenvalue weighted by molar-refractivity contribution is 5.68. The number of hydrogen-bond acceptors (Lipinski definition) is 2. The molecule has 0 aromatic carbocycles. The van der Waals surface area contributed by atoms with Crippen LogP contribution < -0.4 is 0 Å². The van der Waals surface area contributed by atoms with Crippen molar-refractivity contribution in [3.63, 3.8) is 0 Å². The van der Waals surface area contributed by atoms with Crippen LogP contribution >= 0.6 is 0 Å². The van der Waals surface area contributed by atoms with E-state index in [9.17, 15) is 9.18 Å². The smallest absolute Gasteiger partial charge is 0.410 e. The molecule has 0 aromatic heterocycles. The summed E-state index contributed by atoms with van der Waals surface area (Å²) in [6.07, 6.45) is -0.0178. The van der Waals surface area contributed by atoms with Crippen LogP contribution in [0, 0.1) is 0 Å². The molecule has 1 atom stereocenters. The Kier molecular flexibility index (Phi) is 6.38. The van der Waals surface area contributed by atoms with Crippen molar-refractivity contribution in [3.05, 3.63) is 0 Å². The molecule has 1 saturated heterocycles. The van der Waals surface area contributed by atoms with Crippen LogP contribution in [0.1, 0.15) is 47.5 Å². The van der Waals surface area contributed by atoms with E-state index in [-0.39, 0.29) is 6.54 Å². The van der Waals surface area contributed by atoms with Gasteiger partial charge in [-0.3, -0.25) is 0 Å². The number of halogens is 1. The molecular weight excluding hydrogens is 209 g/mol. The lowest BCUT2D eigenvalue weighted by molar-refractivity contribution is 0.0139. The summed E-state index contributed by atoms with van der Waals surface area (Å²) in [5, 5.41) is 0. The number of carbonyl (C=O) groups excluding carboxylic acids is 1. The molecule has 0 bridgehead atoms. The standard InChI is InChI=1S/C10H18FNO2.C2H6/c1-10(2,3)14-9(13)12-6-4-5-8(11)7-12;1-2/h8H,4-7H2,1-3H3;1-2H3. The number of hydrogen-bond donors (Lipinski definition) is 0. The second-order valence-corrected chi connectivity index (χ2v) is 4.67. The zero-order valence-electron chi connectivity index (χ0n) is 11.0. The number of likely N-dealkylation sites (tertiary alicyclic amines) is 1. The molecule has 1 aliphatic heterocycles. The average Bonchev–Trinajstić information content (AvgIpc) is 2.18. The van der Waals surface area contributed by atoms with Gasteiger partial charge in [-0.05, 0) is 33.6 Å². The van der Waals surface area contributed by atoms with Crippen LogP contribution in [-0.4, -0.2) is 35.9 Å². The Morgan fingerprint density at radius 3 is 2.38 bits per heavy atom. The van der Waals surface area contributed by atoms with Crippen LogP contribution in [0.15, 0.2) is 0 Å². The van der Waals surface area contributed by atoms with Gasteiger partial charge in [-0.1, -0.05) is 13.8 Å². The van der Waals surface area contributed by atoms with Gasteiger partial charge < -0.3 is 9.64 Å². The minimum absolute atomic E-state index is 0.176. The summed E-state index contributed by atoms with van der Waals surface area (Å²) in [5.41, 5.74) is -0.500. The lowest BCUT2D eigenvalue weighted by atomic mass is 10.1. The molecule has 3 nitrogen and oxygen atoms in total. The second-order valence-electron chi connectivity index (χ2n) is 4.67. The molecule has 0 saturated carbocycles. The lowest BCUT2D eigenvalue weighted by Crippen LogP contribution is -2.43. The monoisotopic (exact) mass is 233 g/mol. The number of rotatable bonds is 0. The number of amides is 1. The van der Waals surface area contributed by atoms with Crippen LogP contribution in [0.4, 0.5) is 9.18 Å². The van der Waals surface area contributed by atoms with Gasteiger partial charge in [0.1, 0.15) is 11.8 Å². The molecule has 0 radical (unpaired) electrons. The first-order chi connectivity index (χ1) is 7.38. The fourth-order valence-corrected chi connectivity index (χ4v) is 1.42. The molecule has 0 N–H and O–H groups in total. The van der Waals surface area contributed by atoms with Crippen molar-refractivity contribution in [2.75, 3.05) is 13.1 Å². The van der Waals surface area contributed by atoms with E-state index in [1.807, 2.05) is 34.6 Å². The third-order valence-corrected chi connectivity index (χ3v) is 2.02. The molecule has 1 fully saturated rings. The number of ether oxygens (including phenoxy) is 1. The van der Waals surface area contributed by atoms with Gasteiger partial charge in [-0.25, -0.2) is 9.18 Å². The molecule has 1 rings (SSSR count). The van der Waals surface area contributed by atoms with E-state index < -0.39 is 17.9 Å². The van der Waals surface area contributed by atoms with Gasteiger partial charge >= 0.3 is 6.09 Å². The van der Waals surface area contributed by atoms with Gasteiger partial charge in [-0.15, -0.1) is 0 Å². The summed E-state index contributed by atoms with van der Waals surface area (Å²) in [6.45, 7) is 10.2. The number of carbonyl (C=O) groups is 1. The molecule has 1 aliphatic rings. The summed E-state index contributed by atoms with van der Waals surface area (Å²) in [4.78, 5) is 12.9. The predicted octanol–water partition coefficient (Wildman–Crippen LogP) is 3.38.